The quantitative estimate of drug-likeness (QED) is 0.566. The number of anilines is 2. The first kappa shape index (κ1) is 19.9. The van der Waals surface area contributed by atoms with Gasteiger partial charge in [-0.15, -0.1) is 0 Å². The fourth-order valence-corrected chi connectivity index (χ4v) is 4.34. The zero-order valence-corrected chi connectivity index (χ0v) is 18.2. The molecule has 4 rings (SSSR count). The van der Waals surface area contributed by atoms with Crippen molar-refractivity contribution in [2.45, 2.75) is 6.92 Å². The summed E-state index contributed by atoms with van der Waals surface area (Å²) in [5.74, 6) is -0.379. The lowest BCUT2D eigenvalue weighted by atomic mass is 10.1. The molecule has 2 aromatic carbocycles. The van der Waals surface area contributed by atoms with Crippen LogP contribution < -0.4 is 10.2 Å². The lowest BCUT2D eigenvalue weighted by molar-refractivity contribution is 0.102. The van der Waals surface area contributed by atoms with Gasteiger partial charge in [0, 0.05) is 31.7 Å². The molecule has 0 unspecified atom stereocenters. The average molecular weight is 445 g/mol. The third-order valence-electron chi connectivity index (χ3n) is 4.91. The van der Waals surface area contributed by atoms with Crippen molar-refractivity contribution in [3.8, 4) is 0 Å². The van der Waals surface area contributed by atoms with Crippen molar-refractivity contribution in [3.63, 3.8) is 0 Å². The predicted octanol–water partition coefficient (Wildman–Crippen LogP) is 5.14. The number of pyridine rings is 1. The maximum atomic E-state index is 12.9. The van der Waals surface area contributed by atoms with Crippen LogP contribution >= 0.6 is 35.4 Å². The van der Waals surface area contributed by atoms with Gasteiger partial charge in [0.2, 0.25) is 0 Å². The maximum absolute atomic E-state index is 12.9. The number of thiocarbonyl (C=S) groups is 1. The minimum Gasteiger partial charge on any atom is -0.350 e. The number of amides is 1. The molecular weight excluding hydrogens is 427 g/mol. The fourth-order valence-electron chi connectivity index (χ4n) is 3.49. The van der Waals surface area contributed by atoms with Gasteiger partial charge < -0.3 is 15.1 Å². The molecule has 1 amide bonds. The Labute approximate surface area is 184 Å². The van der Waals surface area contributed by atoms with Crippen LogP contribution in [-0.2, 0) is 0 Å². The lowest BCUT2D eigenvalue weighted by Gasteiger charge is -2.21. The van der Waals surface area contributed by atoms with Crippen molar-refractivity contribution < 1.29 is 4.79 Å². The first-order chi connectivity index (χ1) is 13.9. The molecule has 0 radical (unpaired) electrons. The van der Waals surface area contributed by atoms with E-state index in [1.807, 2.05) is 31.0 Å². The molecule has 148 valence electrons. The fraction of sp³-hybridized carbons (Fsp3) is 0.190. The van der Waals surface area contributed by atoms with Gasteiger partial charge in [-0.1, -0.05) is 29.3 Å². The molecule has 1 saturated heterocycles. The Kier molecular flexibility index (Phi) is 5.34. The largest absolute Gasteiger partial charge is 0.350 e. The molecule has 1 aliphatic rings. The summed E-state index contributed by atoms with van der Waals surface area (Å²) in [6, 6.07) is 10.9. The number of carbonyl (C=O) groups is 1. The number of nitrogens with zero attached hydrogens (tertiary/aromatic N) is 3. The van der Waals surface area contributed by atoms with Crippen LogP contribution in [-0.4, -0.2) is 41.0 Å². The van der Waals surface area contributed by atoms with E-state index in [0.717, 1.165) is 34.8 Å². The Morgan fingerprint density at radius 1 is 1.17 bits per heavy atom. The van der Waals surface area contributed by atoms with Crippen molar-refractivity contribution in [2.24, 2.45) is 0 Å². The van der Waals surface area contributed by atoms with E-state index in [1.165, 1.54) is 0 Å². The number of aryl methyl sites for hydroxylation is 1. The molecule has 8 heteroatoms. The van der Waals surface area contributed by atoms with E-state index in [1.54, 1.807) is 24.4 Å². The molecule has 0 saturated carbocycles. The van der Waals surface area contributed by atoms with E-state index >= 15 is 0 Å². The van der Waals surface area contributed by atoms with Crippen molar-refractivity contribution in [2.75, 3.05) is 30.4 Å². The Morgan fingerprint density at radius 2 is 1.90 bits per heavy atom. The summed E-state index contributed by atoms with van der Waals surface area (Å²) in [7, 11) is 1.98. The minimum atomic E-state index is -0.379. The zero-order valence-electron chi connectivity index (χ0n) is 15.9. The summed E-state index contributed by atoms with van der Waals surface area (Å²) >= 11 is 18.0. The van der Waals surface area contributed by atoms with Crippen LogP contribution in [0.3, 0.4) is 0 Å². The molecule has 0 spiro atoms. The van der Waals surface area contributed by atoms with Gasteiger partial charge in [-0.3, -0.25) is 9.78 Å². The highest BCUT2D eigenvalue weighted by atomic mass is 35.5. The number of hydrogen-bond donors (Lipinski definition) is 1. The van der Waals surface area contributed by atoms with Gasteiger partial charge in [-0.2, -0.15) is 0 Å². The molecule has 1 aliphatic heterocycles. The van der Waals surface area contributed by atoms with Gasteiger partial charge in [-0.25, -0.2) is 0 Å². The molecule has 0 bridgehead atoms. The van der Waals surface area contributed by atoms with Crippen molar-refractivity contribution in [1.82, 2.24) is 9.88 Å². The Balaban J connectivity index is 1.79. The minimum absolute atomic E-state index is 0.240. The number of benzene rings is 2. The molecular formula is C21H18Cl2N4OS. The third-order valence-corrected chi connectivity index (χ3v) is 6.07. The topological polar surface area (TPSA) is 48.5 Å². The second-order valence-corrected chi connectivity index (χ2v) is 8.12. The van der Waals surface area contributed by atoms with Crippen LogP contribution in [0.5, 0.6) is 0 Å². The number of halogens is 2. The van der Waals surface area contributed by atoms with Crippen LogP contribution in [0.2, 0.25) is 10.0 Å². The second kappa shape index (κ2) is 7.78. The normalized spacial score (nSPS) is 14.0. The van der Waals surface area contributed by atoms with Crippen LogP contribution in [0.4, 0.5) is 11.4 Å². The molecule has 0 aliphatic carbocycles. The highest BCUT2D eigenvalue weighted by Crippen LogP contribution is 2.34. The van der Waals surface area contributed by atoms with Crippen LogP contribution in [0.15, 0.2) is 42.6 Å². The van der Waals surface area contributed by atoms with Crippen molar-refractivity contribution >= 4 is 68.7 Å². The van der Waals surface area contributed by atoms with Crippen LogP contribution in [0.1, 0.15) is 15.9 Å². The van der Waals surface area contributed by atoms with Gasteiger partial charge in [0.05, 0.1) is 32.5 Å². The van der Waals surface area contributed by atoms with Gasteiger partial charge >= 0.3 is 0 Å². The van der Waals surface area contributed by atoms with Crippen molar-refractivity contribution in [3.05, 3.63) is 63.8 Å². The van der Waals surface area contributed by atoms with Crippen molar-refractivity contribution in [1.29, 1.82) is 0 Å². The number of nitrogens with one attached hydrogen (secondary N) is 1. The summed E-state index contributed by atoms with van der Waals surface area (Å²) in [6.45, 7) is 3.64. The summed E-state index contributed by atoms with van der Waals surface area (Å²) in [5, 5.41) is 5.22. The average Bonchev–Trinajstić information content (AvgIpc) is 3.00. The monoisotopic (exact) mass is 444 g/mol. The number of rotatable bonds is 3. The molecule has 3 aromatic rings. The number of carbonyl (C=O) groups excluding carboxylic acids is 1. The smallest absolute Gasteiger partial charge is 0.258 e. The predicted molar refractivity (Wildman–Crippen MR) is 123 cm³/mol. The van der Waals surface area contributed by atoms with E-state index in [-0.39, 0.29) is 11.5 Å². The van der Waals surface area contributed by atoms with Crippen LogP contribution in [0, 0.1) is 6.92 Å². The highest BCUT2D eigenvalue weighted by molar-refractivity contribution is 7.80. The van der Waals surface area contributed by atoms with E-state index in [9.17, 15) is 4.79 Å². The van der Waals surface area contributed by atoms with Gasteiger partial charge in [-0.05, 0) is 55.0 Å². The van der Waals surface area contributed by atoms with E-state index < -0.39 is 0 Å². The summed E-state index contributed by atoms with van der Waals surface area (Å²) in [5.41, 5.74) is 3.48. The van der Waals surface area contributed by atoms with E-state index in [4.69, 9.17) is 35.4 Å². The standard InChI is InChI=1S/C21H18Cl2N4OS/c1-12-10-13-17(27-9-8-26(2)21(27)29)6-7-24-19(13)16(11-12)25-20(28)18-14(22)4-3-5-15(18)23/h3-7,10-11H,8-9H2,1-2H3,(H,25,28). The molecule has 1 fully saturated rings. The second-order valence-electron chi connectivity index (χ2n) is 6.95. The van der Waals surface area contributed by atoms with Crippen LogP contribution in [0.25, 0.3) is 10.9 Å². The number of aromatic nitrogens is 1. The Bertz CT molecular complexity index is 1130. The SMILES string of the molecule is Cc1cc(NC(=O)c2c(Cl)cccc2Cl)c2nccc(N3CCN(C)C3=S)c2c1. The Morgan fingerprint density at radius 3 is 2.55 bits per heavy atom. The molecule has 2 heterocycles. The maximum Gasteiger partial charge on any atom is 0.258 e. The third kappa shape index (κ3) is 3.64. The van der Waals surface area contributed by atoms with Gasteiger partial charge in [0.1, 0.15) is 0 Å². The molecule has 29 heavy (non-hydrogen) atoms. The number of hydrogen-bond acceptors (Lipinski definition) is 3. The van der Waals surface area contributed by atoms with Gasteiger partial charge in [0.15, 0.2) is 5.11 Å². The Hall–Kier alpha value is -2.41. The van der Waals surface area contributed by atoms with E-state index in [0.29, 0.717) is 21.2 Å². The molecule has 1 aromatic heterocycles. The first-order valence-electron chi connectivity index (χ1n) is 9.04. The summed E-state index contributed by atoms with van der Waals surface area (Å²) < 4.78 is 0. The van der Waals surface area contributed by atoms with E-state index in [2.05, 4.69) is 21.3 Å². The highest BCUT2D eigenvalue weighted by Gasteiger charge is 2.25. The molecule has 1 N–H and O–H groups in total. The first-order valence-corrected chi connectivity index (χ1v) is 10.2. The number of likely N-dealkylation sites (N-methyl/N-ethyl adjacent to an activating group) is 1. The summed E-state index contributed by atoms with van der Waals surface area (Å²) in [6.07, 6.45) is 1.73. The number of fused-ring (bicyclic) bond motifs is 1. The molecule has 0 atom stereocenters. The van der Waals surface area contributed by atoms with Gasteiger partial charge in [0.25, 0.3) is 5.91 Å². The summed E-state index contributed by atoms with van der Waals surface area (Å²) in [4.78, 5) is 21.6. The molecule has 5 nitrogen and oxygen atoms in total. The zero-order chi connectivity index (χ0) is 20.7. The lowest BCUT2D eigenvalue weighted by Crippen LogP contribution is -2.29.